The lowest BCUT2D eigenvalue weighted by molar-refractivity contribution is 0.299. The van der Waals surface area contributed by atoms with Crippen molar-refractivity contribution < 1.29 is 9.52 Å². The molecule has 1 aromatic carbocycles. The van der Waals surface area contributed by atoms with Gasteiger partial charge in [-0.05, 0) is 37.1 Å². The Balaban J connectivity index is 1.76. The first kappa shape index (κ1) is 15.8. The normalized spacial score (nSPS) is 10.9. The van der Waals surface area contributed by atoms with Gasteiger partial charge in [0.05, 0.1) is 12.2 Å². The summed E-state index contributed by atoms with van der Waals surface area (Å²) in [5.74, 6) is 1.72. The molecule has 23 heavy (non-hydrogen) atoms. The molecule has 4 nitrogen and oxygen atoms in total. The van der Waals surface area contributed by atoms with E-state index < -0.39 is 0 Å². The average Bonchev–Trinajstić information content (AvgIpc) is 3.17. The Hall–Kier alpha value is -2.11. The van der Waals surface area contributed by atoms with E-state index in [1.54, 1.807) is 11.3 Å². The van der Waals surface area contributed by atoms with Gasteiger partial charge in [0, 0.05) is 24.7 Å². The quantitative estimate of drug-likeness (QED) is 0.746. The van der Waals surface area contributed by atoms with Crippen LogP contribution in [0.3, 0.4) is 0 Å². The molecule has 2 aromatic heterocycles. The molecule has 0 aliphatic carbocycles. The number of anilines is 1. The van der Waals surface area contributed by atoms with E-state index in [0.717, 1.165) is 40.0 Å². The van der Waals surface area contributed by atoms with Gasteiger partial charge in [-0.25, -0.2) is 4.98 Å². The fraction of sp³-hybridized carbons (Fsp3) is 0.278. The molecule has 0 saturated heterocycles. The zero-order valence-corrected chi connectivity index (χ0v) is 14.1. The molecule has 0 saturated carbocycles. The van der Waals surface area contributed by atoms with Crippen LogP contribution in [0, 0.1) is 6.92 Å². The fourth-order valence-corrected chi connectivity index (χ4v) is 3.36. The third-order valence-electron chi connectivity index (χ3n) is 3.69. The molecule has 0 atom stereocenters. The molecule has 0 aliphatic heterocycles. The Kier molecular flexibility index (Phi) is 4.79. The predicted octanol–water partition coefficient (Wildman–Crippen LogP) is 3.88. The molecule has 0 aliphatic rings. The topological polar surface area (TPSA) is 49.5 Å². The summed E-state index contributed by atoms with van der Waals surface area (Å²) in [6, 6.07) is 12.1. The van der Waals surface area contributed by atoms with E-state index in [0.29, 0.717) is 6.42 Å². The zero-order chi connectivity index (χ0) is 16.2. The summed E-state index contributed by atoms with van der Waals surface area (Å²) in [4.78, 5) is 6.83. The molecule has 0 radical (unpaired) electrons. The van der Waals surface area contributed by atoms with Gasteiger partial charge in [0.25, 0.3) is 0 Å². The monoisotopic (exact) mass is 328 g/mol. The second-order valence-electron chi connectivity index (χ2n) is 5.51. The van der Waals surface area contributed by atoms with E-state index in [1.807, 2.05) is 38.2 Å². The van der Waals surface area contributed by atoms with E-state index in [4.69, 9.17) is 4.42 Å². The van der Waals surface area contributed by atoms with E-state index in [-0.39, 0.29) is 6.61 Å². The third-order valence-corrected chi connectivity index (χ3v) is 4.59. The number of rotatable bonds is 6. The van der Waals surface area contributed by atoms with E-state index in [9.17, 15) is 5.11 Å². The van der Waals surface area contributed by atoms with Crippen molar-refractivity contribution >= 4 is 17.0 Å². The summed E-state index contributed by atoms with van der Waals surface area (Å²) in [6.45, 7) is 2.81. The molecule has 0 bridgehead atoms. The summed E-state index contributed by atoms with van der Waals surface area (Å²) >= 11 is 1.60. The van der Waals surface area contributed by atoms with E-state index in [2.05, 4.69) is 27.4 Å². The minimum atomic E-state index is 0.156. The van der Waals surface area contributed by atoms with Crippen LogP contribution in [-0.4, -0.2) is 23.7 Å². The minimum absolute atomic E-state index is 0.156. The van der Waals surface area contributed by atoms with Gasteiger partial charge in [-0.15, -0.1) is 11.3 Å². The summed E-state index contributed by atoms with van der Waals surface area (Å²) in [6.07, 6.45) is 0.661. The number of aliphatic hydroxyl groups excluding tert-OH is 1. The van der Waals surface area contributed by atoms with Crippen LogP contribution in [0.25, 0.3) is 10.8 Å². The van der Waals surface area contributed by atoms with Crippen molar-refractivity contribution in [3.05, 3.63) is 58.8 Å². The zero-order valence-electron chi connectivity index (χ0n) is 13.3. The Labute approximate surface area is 140 Å². The first-order chi connectivity index (χ1) is 11.2. The highest BCUT2D eigenvalue weighted by molar-refractivity contribution is 7.13. The SMILES string of the molecule is Cc1ccc(-c2nc(CN(C)c3ccccc3CCO)cs2)o1. The highest BCUT2D eigenvalue weighted by atomic mass is 32.1. The maximum absolute atomic E-state index is 9.21. The number of aliphatic hydroxyl groups is 1. The lowest BCUT2D eigenvalue weighted by Gasteiger charge is -2.21. The molecule has 0 unspecified atom stereocenters. The van der Waals surface area contributed by atoms with Gasteiger partial charge >= 0.3 is 0 Å². The van der Waals surface area contributed by atoms with Crippen molar-refractivity contribution in [2.45, 2.75) is 19.9 Å². The molecule has 3 aromatic rings. The second-order valence-corrected chi connectivity index (χ2v) is 6.37. The molecule has 120 valence electrons. The van der Waals surface area contributed by atoms with Gasteiger partial charge in [0.15, 0.2) is 10.8 Å². The molecule has 3 rings (SSSR count). The first-order valence-electron chi connectivity index (χ1n) is 7.58. The van der Waals surface area contributed by atoms with Crippen LogP contribution in [0.4, 0.5) is 5.69 Å². The molecule has 0 fully saturated rings. The van der Waals surface area contributed by atoms with Gasteiger partial charge in [0.1, 0.15) is 5.76 Å². The van der Waals surface area contributed by atoms with Crippen LogP contribution >= 0.6 is 11.3 Å². The molecule has 0 amide bonds. The Morgan fingerprint density at radius 3 is 2.78 bits per heavy atom. The van der Waals surface area contributed by atoms with Crippen molar-refractivity contribution in [2.75, 3.05) is 18.6 Å². The largest absolute Gasteiger partial charge is 0.459 e. The highest BCUT2D eigenvalue weighted by Gasteiger charge is 2.12. The highest BCUT2D eigenvalue weighted by Crippen LogP contribution is 2.27. The summed E-state index contributed by atoms with van der Waals surface area (Å²) in [5.41, 5.74) is 3.29. The van der Waals surface area contributed by atoms with Crippen LogP contribution in [-0.2, 0) is 13.0 Å². The van der Waals surface area contributed by atoms with Crippen molar-refractivity contribution in [1.29, 1.82) is 0 Å². The van der Waals surface area contributed by atoms with Gasteiger partial charge in [0.2, 0.25) is 0 Å². The smallest absolute Gasteiger partial charge is 0.162 e. The van der Waals surface area contributed by atoms with Crippen LogP contribution < -0.4 is 4.90 Å². The Morgan fingerprint density at radius 1 is 1.22 bits per heavy atom. The predicted molar refractivity (Wildman–Crippen MR) is 93.9 cm³/mol. The molecule has 0 spiro atoms. The van der Waals surface area contributed by atoms with Crippen LogP contribution in [0.2, 0.25) is 0 Å². The Bertz CT molecular complexity index is 779. The molecule has 2 heterocycles. The number of para-hydroxylation sites is 1. The van der Waals surface area contributed by atoms with Crippen molar-refractivity contribution in [2.24, 2.45) is 0 Å². The van der Waals surface area contributed by atoms with E-state index in [1.165, 1.54) is 0 Å². The number of aromatic nitrogens is 1. The van der Waals surface area contributed by atoms with Crippen molar-refractivity contribution in [1.82, 2.24) is 4.98 Å². The number of benzene rings is 1. The lowest BCUT2D eigenvalue weighted by atomic mass is 10.1. The maximum atomic E-state index is 9.21. The Morgan fingerprint density at radius 2 is 2.04 bits per heavy atom. The molecular weight excluding hydrogens is 308 g/mol. The maximum Gasteiger partial charge on any atom is 0.162 e. The van der Waals surface area contributed by atoms with Crippen LogP contribution in [0.1, 0.15) is 17.0 Å². The number of furan rings is 1. The third kappa shape index (κ3) is 3.63. The van der Waals surface area contributed by atoms with Gasteiger partial charge in [-0.3, -0.25) is 0 Å². The standard InChI is InChI=1S/C18H20N2O2S/c1-13-7-8-17(22-13)18-19-15(12-23-18)11-20(2)16-6-4-3-5-14(16)9-10-21/h3-8,12,21H,9-11H2,1-2H3. The molecule has 1 N–H and O–H groups in total. The number of nitrogens with zero attached hydrogens (tertiary/aromatic N) is 2. The van der Waals surface area contributed by atoms with Gasteiger partial charge < -0.3 is 14.4 Å². The minimum Gasteiger partial charge on any atom is -0.459 e. The van der Waals surface area contributed by atoms with Gasteiger partial charge in [-0.1, -0.05) is 18.2 Å². The fourth-order valence-electron chi connectivity index (χ4n) is 2.59. The van der Waals surface area contributed by atoms with Crippen LogP contribution in [0.15, 0.2) is 46.2 Å². The number of thiazole rings is 1. The number of hydrogen-bond acceptors (Lipinski definition) is 5. The number of hydrogen-bond donors (Lipinski definition) is 1. The summed E-state index contributed by atoms with van der Waals surface area (Å²) in [7, 11) is 2.05. The van der Waals surface area contributed by atoms with Crippen molar-refractivity contribution in [3.8, 4) is 10.8 Å². The van der Waals surface area contributed by atoms with E-state index >= 15 is 0 Å². The molecular formula is C18H20N2O2S. The first-order valence-corrected chi connectivity index (χ1v) is 8.46. The molecule has 5 heteroatoms. The lowest BCUT2D eigenvalue weighted by Crippen LogP contribution is -2.18. The summed E-state index contributed by atoms with van der Waals surface area (Å²) in [5, 5.41) is 12.2. The second kappa shape index (κ2) is 6.98. The summed E-state index contributed by atoms with van der Waals surface area (Å²) < 4.78 is 5.63. The van der Waals surface area contributed by atoms with Crippen LogP contribution in [0.5, 0.6) is 0 Å². The average molecular weight is 328 g/mol. The number of aryl methyl sites for hydroxylation is 1. The van der Waals surface area contributed by atoms with Crippen molar-refractivity contribution in [3.63, 3.8) is 0 Å². The van der Waals surface area contributed by atoms with Gasteiger partial charge in [-0.2, -0.15) is 0 Å².